The molecule has 25 heavy (non-hydrogen) atoms. The number of ether oxygens (including phenoxy) is 1. The van der Waals surface area contributed by atoms with Crippen LogP contribution in [0, 0.1) is 0 Å². The number of carbonyl (C=O) groups is 1. The molecule has 0 aliphatic carbocycles. The molecular weight excluding hydrogens is 312 g/mol. The summed E-state index contributed by atoms with van der Waals surface area (Å²) in [6, 6.07) is 18.0. The summed E-state index contributed by atoms with van der Waals surface area (Å²) >= 11 is 0. The highest BCUT2D eigenvalue weighted by molar-refractivity contribution is 5.94. The normalized spacial score (nSPS) is 17.0. The van der Waals surface area contributed by atoms with Crippen LogP contribution in [-0.2, 0) is 6.42 Å². The third-order valence-corrected chi connectivity index (χ3v) is 4.78. The molecular formula is C21H26N2O2. The lowest BCUT2D eigenvalue weighted by Gasteiger charge is -2.27. The van der Waals surface area contributed by atoms with Gasteiger partial charge in [-0.3, -0.25) is 4.79 Å². The van der Waals surface area contributed by atoms with Crippen molar-refractivity contribution in [3.05, 3.63) is 65.7 Å². The van der Waals surface area contributed by atoms with E-state index in [1.807, 2.05) is 42.5 Å². The van der Waals surface area contributed by atoms with Gasteiger partial charge in [0, 0.05) is 31.0 Å². The van der Waals surface area contributed by atoms with E-state index in [9.17, 15) is 4.79 Å². The molecule has 1 aliphatic rings. The van der Waals surface area contributed by atoms with Gasteiger partial charge in [0.25, 0.3) is 5.91 Å². The second kappa shape index (κ2) is 8.17. The monoisotopic (exact) mass is 338 g/mol. The Bertz CT molecular complexity index is 675. The van der Waals surface area contributed by atoms with E-state index in [0.29, 0.717) is 18.2 Å². The lowest BCUT2D eigenvalue weighted by Crippen LogP contribution is -2.37. The maximum absolute atomic E-state index is 12.1. The fourth-order valence-electron chi connectivity index (χ4n) is 3.32. The van der Waals surface area contributed by atoms with Crippen LogP contribution in [0.25, 0.3) is 0 Å². The molecule has 0 spiro atoms. The van der Waals surface area contributed by atoms with Gasteiger partial charge in [-0.25, -0.2) is 0 Å². The molecule has 2 unspecified atom stereocenters. The van der Waals surface area contributed by atoms with E-state index in [1.165, 1.54) is 5.56 Å². The summed E-state index contributed by atoms with van der Waals surface area (Å²) in [6.07, 6.45) is 3.05. The van der Waals surface area contributed by atoms with Crippen LogP contribution in [0.1, 0.15) is 28.8 Å². The number of hydrogen-bond donors (Lipinski definition) is 1. The van der Waals surface area contributed by atoms with Crippen LogP contribution >= 0.6 is 0 Å². The lowest BCUT2D eigenvalue weighted by atomic mass is 10.0. The fourth-order valence-corrected chi connectivity index (χ4v) is 3.32. The molecule has 0 saturated heterocycles. The number of benzene rings is 2. The van der Waals surface area contributed by atoms with Gasteiger partial charge >= 0.3 is 0 Å². The highest BCUT2D eigenvalue weighted by atomic mass is 16.5. The third-order valence-electron chi connectivity index (χ3n) is 4.78. The molecule has 0 fully saturated rings. The molecule has 1 amide bonds. The highest BCUT2D eigenvalue weighted by Crippen LogP contribution is 2.30. The number of para-hydroxylation sites is 1. The highest BCUT2D eigenvalue weighted by Gasteiger charge is 2.26. The van der Waals surface area contributed by atoms with Crippen molar-refractivity contribution in [3.63, 3.8) is 0 Å². The van der Waals surface area contributed by atoms with Crippen LogP contribution in [0.5, 0.6) is 5.75 Å². The number of rotatable bonds is 7. The number of nitrogens with zero attached hydrogens (tertiary/aromatic N) is 1. The first-order valence-electron chi connectivity index (χ1n) is 8.87. The van der Waals surface area contributed by atoms with Crippen molar-refractivity contribution in [2.24, 2.45) is 0 Å². The van der Waals surface area contributed by atoms with Crippen molar-refractivity contribution in [2.75, 3.05) is 20.6 Å². The molecule has 2 aromatic rings. The van der Waals surface area contributed by atoms with Gasteiger partial charge in [0.1, 0.15) is 11.9 Å². The van der Waals surface area contributed by atoms with Gasteiger partial charge in [-0.15, -0.1) is 0 Å². The summed E-state index contributed by atoms with van der Waals surface area (Å²) in [5, 5.41) is 3.02. The maximum Gasteiger partial charge on any atom is 0.251 e. The first-order valence-corrected chi connectivity index (χ1v) is 8.87. The fraction of sp³-hybridized carbons (Fsp3) is 0.381. The van der Waals surface area contributed by atoms with E-state index < -0.39 is 0 Å². The average molecular weight is 338 g/mol. The Balaban J connectivity index is 1.48. The summed E-state index contributed by atoms with van der Waals surface area (Å²) in [7, 11) is 4.18. The summed E-state index contributed by atoms with van der Waals surface area (Å²) in [4.78, 5) is 14.4. The molecule has 132 valence electrons. The second-order valence-corrected chi connectivity index (χ2v) is 6.82. The van der Waals surface area contributed by atoms with Gasteiger partial charge in [0.15, 0.2) is 0 Å². The van der Waals surface area contributed by atoms with Gasteiger partial charge in [-0.05, 0) is 44.3 Å². The maximum atomic E-state index is 12.1. The van der Waals surface area contributed by atoms with Crippen molar-refractivity contribution in [1.82, 2.24) is 10.2 Å². The average Bonchev–Trinajstić information content (AvgIpc) is 3.03. The molecule has 1 N–H and O–H groups in total. The molecule has 2 atom stereocenters. The van der Waals surface area contributed by atoms with E-state index in [4.69, 9.17) is 4.74 Å². The van der Waals surface area contributed by atoms with Crippen molar-refractivity contribution in [3.8, 4) is 5.75 Å². The van der Waals surface area contributed by atoms with E-state index in [1.54, 1.807) is 0 Å². The zero-order chi connectivity index (χ0) is 17.6. The van der Waals surface area contributed by atoms with Gasteiger partial charge < -0.3 is 15.0 Å². The molecule has 1 heterocycles. The first-order chi connectivity index (χ1) is 12.1. The molecule has 0 aromatic heterocycles. The number of carbonyl (C=O) groups excluding carboxylic acids is 1. The summed E-state index contributed by atoms with van der Waals surface area (Å²) in [5.74, 6) is 1.00. The SMILES string of the molecule is CN(C)C(CCNC(=O)c1ccccc1)CC1Cc2ccccc2O1. The van der Waals surface area contributed by atoms with E-state index >= 15 is 0 Å². The van der Waals surface area contributed by atoms with Crippen LogP contribution in [0.3, 0.4) is 0 Å². The van der Waals surface area contributed by atoms with Crippen molar-refractivity contribution in [2.45, 2.75) is 31.4 Å². The van der Waals surface area contributed by atoms with E-state index in [0.717, 1.165) is 25.0 Å². The largest absolute Gasteiger partial charge is 0.490 e. The number of fused-ring (bicyclic) bond motifs is 1. The van der Waals surface area contributed by atoms with Crippen LogP contribution in [-0.4, -0.2) is 43.6 Å². The molecule has 0 saturated carbocycles. The smallest absolute Gasteiger partial charge is 0.251 e. The van der Waals surface area contributed by atoms with Gasteiger partial charge in [0.05, 0.1) is 0 Å². The standard InChI is InChI=1S/C21H26N2O2/c1-23(2)18(12-13-22-21(24)16-8-4-3-5-9-16)15-19-14-17-10-6-7-11-20(17)25-19/h3-11,18-19H,12-15H2,1-2H3,(H,22,24). The summed E-state index contributed by atoms with van der Waals surface area (Å²) in [6.45, 7) is 0.663. The zero-order valence-electron chi connectivity index (χ0n) is 14.9. The number of amides is 1. The Labute approximate surface area is 149 Å². The van der Waals surface area contributed by atoms with Gasteiger partial charge in [0.2, 0.25) is 0 Å². The first kappa shape index (κ1) is 17.5. The van der Waals surface area contributed by atoms with Gasteiger partial charge in [-0.1, -0.05) is 36.4 Å². The van der Waals surface area contributed by atoms with Crippen molar-refractivity contribution < 1.29 is 9.53 Å². The Morgan fingerprint density at radius 2 is 1.88 bits per heavy atom. The van der Waals surface area contributed by atoms with Crippen LogP contribution in [0.4, 0.5) is 0 Å². The van der Waals surface area contributed by atoms with Crippen molar-refractivity contribution in [1.29, 1.82) is 0 Å². The Morgan fingerprint density at radius 3 is 2.60 bits per heavy atom. The Hall–Kier alpha value is -2.33. The minimum Gasteiger partial charge on any atom is -0.490 e. The minimum absolute atomic E-state index is 0.0115. The predicted octanol–water partition coefficient (Wildman–Crippen LogP) is 3.13. The van der Waals surface area contributed by atoms with Crippen LogP contribution < -0.4 is 10.1 Å². The topological polar surface area (TPSA) is 41.6 Å². The van der Waals surface area contributed by atoms with Crippen LogP contribution in [0.2, 0.25) is 0 Å². The minimum atomic E-state index is -0.0115. The second-order valence-electron chi connectivity index (χ2n) is 6.82. The summed E-state index contributed by atoms with van der Waals surface area (Å²) < 4.78 is 6.07. The Morgan fingerprint density at radius 1 is 1.16 bits per heavy atom. The molecule has 4 heteroatoms. The third kappa shape index (κ3) is 4.60. The summed E-state index contributed by atoms with van der Waals surface area (Å²) in [5.41, 5.74) is 2.00. The number of hydrogen-bond acceptors (Lipinski definition) is 3. The lowest BCUT2D eigenvalue weighted by molar-refractivity contribution is 0.0946. The molecule has 4 nitrogen and oxygen atoms in total. The predicted molar refractivity (Wildman–Crippen MR) is 100 cm³/mol. The van der Waals surface area contributed by atoms with Crippen LogP contribution in [0.15, 0.2) is 54.6 Å². The zero-order valence-corrected chi connectivity index (χ0v) is 14.9. The van der Waals surface area contributed by atoms with Gasteiger partial charge in [-0.2, -0.15) is 0 Å². The molecule has 0 bridgehead atoms. The molecule has 1 aliphatic heterocycles. The van der Waals surface area contributed by atoms with Crippen molar-refractivity contribution >= 4 is 5.91 Å². The molecule has 0 radical (unpaired) electrons. The number of nitrogens with one attached hydrogen (secondary N) is 1. The van der Waals surface area contributed by atoms with E-state index in [2.05, 4.69) is 36.4 Å². The molecule has 3 rings (SSSR count). The van der Waals surface area contributed by atoms with E-state index in [-0.39, 0.29) is 12.0 Å². The quantitative estimate of drug-likeness (QED) is 0.843. The Kier molecular flexibility index (Phi) is 5.71. The molecule has 2 aromatic carbocycles.